The molecule has 0 atom stereocenters. The Kier molecular flexibility index (Phi) is 5.20. The number of sulfonamides is 1. The van der Waals surface area contributed by atoms with Gasteiger partial charge in [0.1, 0.15) is 16.5 Å². The lowest BCUT2D eigenvalue weighted by Crippen LogP contribution is -2.23. The molecule has 0 saturated heterocycles. The third-order valence-electron chi connectivity index (χ3n) is 3.10. The molecule has 0 aliphatic heterocycles. The number of hydrogen-bond acceptors (Lipinski definition) is 3. The zero-order chi connectivity index (χ0) is 16.3. The topological polar surface area (TPSA) is 55.4 Å². The first-order valence-corrected chi connectivity index (χ1v) is 8.69. The number of nitrogens with one attached hydrogen (secondary N) is 1. The molecule has 0 unspecified atom stereocenters. The number of benzene rings is 2. The van der Waals surface area contributed by atoms with Gasteiger partial charge in [-0.1, -0.05) is 28.1 Å². The molecule has 0 aliphatic rings. The molecule has 4 nitrogen and oxygen atoms in total. The summed E-state index contributed by atoms with van der Waals surface area (Å²) < 4.78 is 46.2. The lowest BCUT2D eigenvalue weighted by molar-refractivity contribution is 0.402. The number of halogens is 2. The maximum absolute atomic E-state index is 13.2. The Morgan fingerprint density at radius 2 is 1.95 bits per heavy atom. The van der Waals surface area contributed by atoms with Crippen LogP contribution in [0.15, 0.2) is 45.8 Å². The van der Waals surface area contributed by atoms with Gasteiger partial charge < -0.3 is 4.74 Å². The standard InChI is InChI=1S/C15H15BrFNO3S/c1-10-7-11(3-5-13(10)17)9-18-22(19,20)15-8-12(16)4-6-14(15)21-2/h3-8,18H,9H2,1-2H3. The Hall–Kier alpha value is -1.44. The van der Waals surface area contributed by atoms with Crippen LogP contribution in [0.1, 0.15) is 11.1 Å². The van der Waals surface area contributed by atoms with Crippen LogP contribution in [0.2, 0.25) is 0 Å². The lowest BCUT2D eigenvalue weighted by atomic mass is 10.1. The van der Waals surface area contributed by atoms with E-state index in [4.69, 9.17) is 4.74 Å². The molecule has 2 aromatic rings. The van der Waals surface area contributed by atoms with Crippen LogP contribution in [0.25, 0.3) is 0 Å². The number of aryl methyl sites for hydroxylation is 1. The molecule has 2 rings (SSSR count). The van der Waals surface area contributed by atoms with Crippen molar-refractivity contribution in [3.05, 3.63) is 57.8 Å². The molecular formula is C15H15BrFNO3S. The van der Waals surface area contributed by atoms with E-state index >= 15 is 0 Å². The Bertz CT molecular complexity index is 793. The highest BCUT2D eigenvalue weighted by Gasteiger charge is 2.19. The summed E-state index contributed by atoms with van der Waals surface area (Å²) in [5.74, 6) is -0.0637. The van der Waals surface area contributed by atoms with Crippen molar-refractivity contribution in [2.24, 2.45) is 0 Å². The predicted octanol–water partition coefficient (Wildman–Crippen LogP) is 3.38. The van der Waals surface area contributed by atoms with Gasteiger partial charge in [-0.15, -0.1) is 0 Å². The summed E-state index contributed by atoms with van der Waals surface area (Å²) in [6, 6.07) is 9.20. The molecule has 0 fully saturated rings. The minimum Gasteiger partial charge on any atom is -0.495 e. The maximum Gasteiger partial charge on any atom is 0.244 e. The van der Waals surface area contributed by atoms with Gasteiger partial charge in [0.25, 0.3) is 0 Å². The molecule has 0 saturated carbocycles. The van der Waals surface area contributed by atoms with E-state index in [0.717, 1.165) is 0 Å². The van der Waals surface area contributed by atoms with Crippen LogP contribution in [0, 0.1) is 12.7 Å². The largest absolute Gasteiger partial charge is 0.495 e. The van der Waals surface area contributed by atoms with Crippen molar-refractivity contribution in [2.45, 2.75) is 18.4 Å². The van der Waals surface area contributed by atoms with Crippen molar-refractivity contribution in [2.75, 3.05) is 7.11 Å². The zero-order valence-corrected chi connectivity index (χ0v) is 14.5. The highest BCUT2D eigenvalue weighted by Crippen LogP contribution is 2.27. The van der Waals surface area contributed by atoms with Gasteiger partial charge in [0.15, 0.2) is 0 Å². The highest BCUT2D eigenvalue weighted by molar-refractivity contribution is 9.10. The molecule has 0 aromatic heterocycles. The van der Waals surface area contributed by atoms with E-state index in [1.54, 1.807) is 31.2 Å². The van der Waals surface area contributed by atoms with Crippen LogP contribution in [0.3, 0.4) is 0 Å². The first-order valence-electron chi connectivity index (χ1n) is 6.42. The fourth-order valence-electron chi connectivity index (χ4n) is 1.93. The van der Waals surface area contributed by atoms with Crippen molar-refractivity contribution in [3.8, 4) is 5.75 Å². The normalized spacial score (nSPS) is 11.5. The van der Waals surface area contributed by atoms with Crippen LogP contribution < -0.4 is 9.46 Å². The Morgan fingerprint density at radius 3 is 2.59 bits per heavy atom. The molecule has 0 amide bonds. The zero-order valence-electron chi connectivity index (χ0n) is 12.1. The second-order valence-corrected chi connectivity index (χ2v) is 7.35. The summed E-state index contributed by atoms with van der Waals surface area (Å²) in [4.78, 5) is 0.0446. The van der Waals surface area contributed by atoms with Gasteiger partial charge >= 0.3 is 0 Å². The monoisotopic (exact) mass is 387 g/mol. The third kappa shape index (κ3) is 3.85. The van der Waals surface area contributed by atoms with Gasteiger partial charge in [0, 0.05) is 11.0 Å². The van der Waals surface area contributed by atoms with Crippen molar-refractivity contribution in [1.29, 1.82) is 0 Å². The molecule has 1 N–H and O–H groups in total. The molecule has 22 heavy (non-hydrogen) atoms. The minimum absolute atomic E-state index is 0.0446. The van der Waals surface area contributed by atoms with Crippen molar-refractivity contribution in [3.63, 3.8) is 0 Å². The van der Waals surface area contributed by atoms with Crippen LogP contribution in [0.4, 0.5) is 4.39 Å². The highest BCUT2D eigenvalue weighted by atomic mass is 79.9. The van der Waals surface area contributed by atoms with E-state index in [-0.39, 0.29) is 23.0 Å². The first-order chi connectivity index (χ1) is 10.3. The molecule has 2 aromatic carbocycles. The Morgan fingerprint density at radius 1 is 1.23 bits per heavy atom. The second-order valence-electron chi connectivity index (χ2n) is 4.70. The number of hydrogen-bond donors (Lipinski definition) is 1. The summed E-state index contributed by atoms with van der Waals surface area (Å²) >= 11 is 3.24. The van der Waals surface area contributed by atoms with Crippen molar-refractivity contribution >= 4 is 26.0 Å². The fourth-order valence-corrected chi connectivity index (χ4v) is 3.66. The van der Waals surface area contributed by atoms with Gasteiger partial charge in [-0.05, 0) is 42.3 Å². The molecule has 7 heteroatoms. The van der Waals surface area contributed by atoms with E-state index in [0.29, 0.717) is 15.6 Å². The van der Waals surface area contributed by atoms with Crippen LogP contribution in [-0.2, 0) is 16.6 Å². The smallest absolute Gasteiger partial charge is 0.244 e. The van der Waals surface area contributed by atoms with Gasteiger partial charge in [0.2, 0.25) is 10.0 Å². The lowest BCUT2D eigenvalue weighted by Gasteiger charge is -2.11. The number of ether oxygens (including phenoxy) is 1. The molecule has 118 valence electrons. The Labute approximate surface area is 137 Å². The summed E-state index contributed by atoms with van der Waals surface area (Å²) in [7, 11) is -2.34. The first kappa shape index (κ1) is 16.9. The fraction of sp³-hybridized carbons (Fsp3) is 0.200. The third-order valence-corrected chi connectivity index (χ3v) is 5.02. The van der Waals surface area contributed by atoms with Crippen molar-refractivity contribution in [1.82, 2.24) is 4.72 Å². The van der Waals surface area contributed by atoms with E-state index in [1.807, 2.05) is 0 Å². The van der Waals surface area contributed by atoms with E-state index in [1.165, 1.54) is 19.2 Å². The average Bonchev–Trinajstić information content (AvgIpc) is 2.48. The molecular weight excluding hydrogens is 373 g/mol. The van der Waals surface area contributed by atoms with E-state index in [9.17, 15) is 12.8 Å². The predicted molar refractivity (Wildman–Crippen MR) is 85.9 cm³/mol. The minimum atomic E-state index is -3.75. The maximum atomic E-state index is 13.2. The molecule has 0 heterocycles. The molecule has 0 bridgehead atoms. The van der Waals surface area contributed by atoms with Gasteiger partial charge in [-0.3, -0.25) is 0 Å². The summed E-state index contributed by atoms with van der Waals surface area (Å²) in [6.45, 7) is 1.70. The SMILES string of the molecule is COc1ccc(Br)cc1S(=O)(=O)NCc1ccc(F)c(C)c1. The van der Waals surface area contributed by atoms with Gasteiger partial charge in [-0.25, -0.2) is 17.5 Å². The summed E-state index contributed by atoms with van der Waals surface area (Å²) in [5.41, 5.74) is 1.15. The number of rotatable bonds is 5. The van der Waals surface area contributed by atoms with E-state index in [2.05, 4.69) is 20.7 Å². The molecule has 0 radical (unpaired) electrons. The van der Waals surface area contributed by atoms with Crippen LogP contribution >= 0.6 is 15.9 Å². The van der Waals surface area contributed by atoms with E-state index < -0.39 is 10.0 Å². The quantitative estimate of drug-likeness (QED) is 0.855. The second kappa shape index (κ2) is 6.76. The van der Waals surface area contributed by atoms with Gasteiger partial charge in [-0.2, -0.15) is 0 Å². The van der Waals surface area contributed by atoms with Crippen LogP contribution in [-0.4, -0.2) is 15.5 Å². The summed E-state index contributed by atoms with van der Waals surface area (Å²) in [6.07, 6.45) is 0. The molecule has 0 aliphatic carbocycles. The summed E-state index contributed by atoms with van der Waals surface area (Å²) in [5, 5.41) is 0. The average molecular weight is 388 g/mol. The molecule has 0 spiro atoms. The van der Waals surface area contributed by atoms with Gasteiger partial charge in [0.05, 0.1) is 7.11 Å². The van der Waals surface area contributed by atoms with Crippen molar-refractivity contribution < 1.29 is 17.5 Å². The Balaban J connectivity index is 2.24. The number of methoxy groups -OCH3 is 1. The van der Waals surface area contributed by atoms with Crippen LogP contribution in [0.5, 0.6) is 5.75 Å².